The predicted octanol–water partition coefficient (Wildman–Crippen LogP) is 2.87. The van der Waals surface area contributed by atoms with Crippen LogP contribution >= 0.6 is 0 Å². The molecule has 0 spiro atoms. The summed E-state index contributed by atoms with van der Waals surface area (Å²) in [6.07, 6.45) is 3.50. The average Bonchev–Trinajstić information content (AvgIpc) is 2.48. The molecule has 21 heavy (non-hydrogen) atoms. The highest BCUT2D eigenvalue weighted by Crippen LogP contribution is 2.28. The van der Waals surface area contributed by atoms with Crippen LogP contribution in [0.1, 0.15) is 44.2 Å². The molecular weight excluding hydrogens is 286 g/mol. The van der Waals surface area contributed by atoms with Crippen LogP contribution in [0, 0.1) is 5.92 Å². The van der Waals surface area contributed by atoms with Crippen molar-refractivity contribution in [3.05, 3.63) is 35.9 Å². The molecule has 0 amide bonds. The largest absolute Gasteiger partial charge is 0.381 e. The van der Waals surface area contributed by atoms with Crippen molar-refractivity contribution in [2.45, 2.75) is 38.6 Å². The van der Waals surface area contributed by atoms with Crippen LogP contribution in [-0.2, 0) is 14.8 Å². The smallest absolute Gasteiger partial charge is 0.212 e. The fourth-order valence-electron chi connectivity index (χ4n) is 2.80. The lowest BCUT2D eigenvalue weighted by molar-refractivity contribution is 0.0613. The Labute approximate surface area is 127 Å². The molecule has 0 bridgehead atoms. The summed E-state index contributed by atoms with van der Waals surface area (Å²) in [7, 11) is -3.21. The summed E-state index contributed by atoms with van der Waals surface area (Å²) in [6, 6.07) is 9.73. The Balaban J connectivity index is 2.10. The van der Waals surface area contributed by atoms with Gasteiger partial charge in [0.1, 0.15) is 0 Å². The molecule has 0 unspecified atom stereocenters. The van der Waals surface area contributed by atoms with Gasteiger partial charge in [0, 0.05) is 19.3 Å². The number of ether oxygens (including phenoxy) is 1. The predicted molar refractivity (Wildman–Crippen MR) is 84.6 cm³/mol. The molecule has 2 rings (SSSR count). The van der Waals surface area contributed by atoms with Crippen LogP contribution in [0.25, 0.3) is 0 Å². The Morgan fingerprint density at radius 3 is 2.52 bits per heavy atom. The third-order valence-electron chi connectivity index (χ3n) is 3.91. The monoisotopic (exact) mass is 311 g/mol. The Hall–Kier alpha value is -0.910. The van der Waals surface area contributed by atoms with Gasteiger partial charge < -0.3 is 4.74 Å². The number of benzene rings is 1. The molecule has 1 fully saturated rings. The van der Waals surface area contributed by atoms with E-state index in [2.05, 4.69) is 4.72 Å². The summed E-state index contributed by atoms with van der Waals surface area (Å²) in [5.74, 6) is 0.706. The zero-order chi connectivity index (χ0) is 15.1. The van der Waals surface area contributed by atoms with Crippen LogP contribution in [0.5, 0.6) is 0 Å². The second kappa shape index (κ2) is 7.92. The molecular formula is C16H25NO3S. The number of rotatable bonds is 7. The van der Waals surface area contributed by atoms with E-state index in [0.717, 1.165) is 38.0 Å². The van der Waals surface area contributed by atoms with Crippen LogP contribution in [-0.4, -0.2) is 27.4 Å². The maximum atomic E-state index is 12.1. The molecule has 0 radical (unpaired) electrons. The summed E-state index contributed by atoms with van der Waals surface area (Å²) in [5, 5.41) is 0. The molecule has 5 heteroatoms. The lowest BCUT2D eigenvalue weighted by atomic mass is 9.90. The van der Waals surface area contributed by atoms with Gasteiger partial charge in [0.15, 0.2) is 0 Å². The quantitative estimate of drug-likeness (QED) is 0.842. The van der Waals surface area contributed by atoms with E-state index in [0.29, 0.717) is 12.3 Å². The van der Waals surface area contributed by atoms with Crippen molar-refractivity contribution in [1.82, 2.24) is 4.72 Å². The third kappa shape index (κ3) is 5.41. The average molecular weight is 311 g/mol. The van der Waals surface area contributed by atoms with Crippen LogP contribution in [0.2, 0.25) is 0 Å². The molecule has 0 saturated carbocycles. The fourth-order valence-corrected chi connectivity index (χ4v) is 4.12. The minimum Gasteiger partial charge on any atom is -0.381 e. The van der Waals surface area contributed by atoms with Crippen LogP contribution in [0.3, 0.4) is 0 Å². The summed E-state index contributed by atoms with van der Waals surface area (Å²) >= 11 is 0. The maximum Gasteiger partial charge on any atom is 0.212 e. The molecule has 1 aromatic carbocycles. The van der Waals surface area contributed by atoms with Crippen molar-refractivity contribution in [1.29, 1.82) is 0 Å². The lowest BCUT2D eigenvalue weighted by Gasteiger charge is -2.27. The van der Waals surface area contributed by atoms with Gasteiger partial charge in [-0.25, -0.2) is 13.1 Å². The molecule has 0 aliphatic carbocycles. The Morgan fingerprint density at radius 1 is 1.24 bits per heavy atom. The third-order valence-corrected chi connectivity index (χ3v) is 5.50. The van der Waals surface area contributed by atoms with Crippen molar-refractivity contribution in [2.75, 3.05) is 19.0 Å². The van der Waals surface area contributed by atoms with Crippen LogP contribution in [0.15, 0.2) is 30.3 Å². The van der Waals surface area contributed by atoms with Gasteiger partial charge in [-0.15, -0.1) is 0 Å². The van der Waals surface area contributed by atoms with Crippen molar-refractivity contribution < 1.29 is 13.2 Å². The van der Waals surface area contributed by atoms with E-state index in [9.17, 15) is 8.42 Å². The summed E-state index contributed by atoms with van der Waals surface area (Å²) < 4.78 is 32.5. The minimum absolute atomic E-state index is 0.133. The van der Waals surface area contributed by atoms with Gasteiger partial charge in [-0.05, 0) is 37.2 Å². The Kier molecular flexibility index (Phi) is 6.21. The van der Waals surface area contributed by atoms with Gasteiger partial charge in [0.05, 0.1) is 5.75 Å². The highest BCUT2D eigenvalue weighted by molar-refractivity contribution is 7.89. The second-order valence-corrected chi connectivity index (χ2v) is 7.56. The van der Waals surface area contributed by atoms with Crippen LogP contribution in [0.4, 0.5) is 0 Å². The fraction of sp³-hybridized carbons (Fsp3) is 0.625. The summed E-state index contributed by atoms with van der Waals surface area (Å²) in [5.41, 5.74) is 1.05. The molecule has 1 N–H and O–H groups in total. The summed E-state index contributed by atoms with van der Waals surface area (Å²) in [4.78, 5) is 0. The van der Waals surface area contributed by atoms with Gasteiger partial charge >= 0.3 is 0 Å². The van der Waals surface area contributed by atoms with Crippen molar-refractivity contribution in [3.8, 4) is 0 Å². The van der Waals surface area contributed by atoms with E-state index in [4.69, 9.17) is 4.74 Å². The minimum atomic E-state index is -3.21. The molecule has 118 valence electrons. The Bertz CT molecular complexity index is 510. The zero-order valence-electron chi connectivity index (χ0n) is 12.6. The van der Waals surface area contributed by atoms with Gasteiger partial charge in [-0.2, -0.15) is 0 Å². The molecule has 1 aliphatic rings. The maximum absolute atomic E-state index is 12.1. The van der Waals surface area contributed by atoms with E-state index in [-0.39, 0.29) is 11.8 Å². The first-order valence-corrected chi connectivity index (χ1v) is 9.38. The first-order chi connectivity index (χ1) is 10.1. The molecule has 1 atom stereocenters. The van der Waals surface area contributed by atoms with Crippen molar-refractivity contribution in [2.24, 2.45) is 5.92 Å². The van der Waals surface area contributed by atoms with Crippen LogP contribution < -0.4 is 4.72 Å². The van der Waals surface area contributed by atoms with Gasteiger partial charge in [-0.3, -0.25) is 0 Å². The second-order valence-electron chi connectivity index (χ2n) is 5.69. The van der Waals surface area contributed by atoms with E-state index in [1.54, 1.807) is 0 Å². The SMILES string of the molecule is CCCS(=O)(=O)N[C@@H](CC1CCOCC1)c1ccccc1. The van der Waals surface area contributed by atoms with E-state index >= 15 is 0 Å². The topological polar surface area (TPSA) is 55.4 Å². The van der Waals surface area contributed by atoms with E-state index in [1.807, 2.05) is 37.3 Å². The molecule has 4 nitrogen and oxygen atoms in total. The van der Waals surface area contributed by atoms with Crippen molar-refractivity contribution in [3.63, 3.8) is 0 Å². The molecule has 1 aromatic rings. The van der Waals surface area contributed by atoms with Gasteiger partial charge in [0.25, 0.3) is 0 Å². The molecule has 1 saturated heterocycles. The number of hydrogen-bond donors (Lipinski definition) is 1. The highest BCUT2D eigenvalue weighted by Gasteiger charge is 2.24. The normalized spacial score (nSPS) is 18.5. The van der Waals surface area contributed by atoms with Crippen molar-refractivity contribution >= 4 is 10.0 Å². The van der Waals surface area contributed by atoms with E-state index in [1.165, 1.54) is 0 Å². The molecule has 1 aliphatic heterocycles. The molecule has 0 aromatic heterocycles. The highest BCUT2D eigenvalue weighted by atomic mass is 32.2. The van der Waals surface area contributed by atoms with Gasteiger partial charge in [0.2, 0.25) is 10.0 Å². The lowest BCUT2D eigenvalue weighted by Crippen LogP contribution is -2.32. The number of hydrogen-bond acceptors (Lipinski definition) is 3. The first kappa shape index (κ1) is 16.5. The number of sulfonamides is 1. The van der Waals surface area contributed by atoms with Gasteiger partial charge in [-0.1, -0.05) is 37.3 Å². The zero-order valence-corrected chi connectivity index (χ0v) is 13.4. The standard InChI is InChI=1S/C16H25NO3S/c1-2-12-21(18,19)17-16(15-6-4-3-5-7-15)13-14-8-10-20-11-9-14/h3-7,14,16-17H,2,8-13H2,1H3/t16-/m0/s1. The molecule has 1 heterocycles. The Morgan fingerprint density at radius 2 is 1.90 bits per heavy atom. The van der Waals surface area contributed by atoms with E-state index < -0.39 is 10.0 Å². The first-order valence-electron chi connectivity index (χ1n) is 7.73. The summed E-state index contributed by atoms with van der Waals surface area (Å²) in [6.45, 7) is 3.46. The number of nitrogens with one attached hydrogen (secondary N) is 1.